The van der Waals surface area contributed by atoms with Gasteiger partial charge in [0.05, 0.1) is 23.1 Å². The Bertz CT molecular complexity index is 3450. The van der Waals surface area contributed by atoms with E-state index in [4.69, 9.17) is 9.98 Å². The average Bonchev–Trinajstić information content (AvgIpc) is 3.33. The zero-order valence-corrected chi connectivity index (χ0v) is 32.7. The monoisotopic (exact) mass is 766 g/mol. The third kappa shape index (κ3) is 5.68. The van der Waals surface area contributed by atoms with Crippen molar-refractivity contribution in [2.24, 2.45) is 9.98 Å². The molecule has 0 spiro atoms. The van der Waals surface area contributed by atoms with Gasteiger partial charge < -0.3 is 10.6 Å². The van der Waals surface area contributed by atoms with Gasteiger partial charge in [-0.25, -0.2) is 4.99 Å². The molecule has 10 aromatic rings. The number of fused-ring (bicyclic) bond motifs is 9. The molecule has 4 heteroatoms. The third-order valence-electron chi connectivity index (χ3n) is 12.3. The summed E-state index contributed by atoms with van der Waals surface area (Å²) in [4.78, 5) is 11.0. The number of hydrogen-bond acceptors (Lipinski definition) is 4. The largest absolute Gasteiger partial charge is 0.359 e. The quantitative estimate of drug-likeness (QED) is 0.171. The Kier molecular flexibility index (Phi) is 7.95. The van der Waals surface area contributed by atoms with Crippen molar-refractivity contribution in [1.29, 1.82) is 0 Å². The van der Waals surface area contributed by atoms with Crippen LogP contribution in [0.1, 0.15) is 45.6 Å². The molecule has 282 valence electrons. The molecule has 0 radical (unpaired) electrons. The Labute approximate surface area is 347 Å². The number of hydrogen-bond donors (Lipinski definition) is 2. The molecule has 60 heavy (non-hydrogen) atoms. The van der Waals surface area contributed by atoms with Crippen molar-refractivity contribution in [3.63, 3.8) is 0 Å². The molecule has 2 N–H and O–H groups in total. The van der Waals surface area contributed by atoms with E-state index in [0.717, 1.165) is 50.7 Å². The Morgan fingerprint density at radius 2 is 1.00 bits per heavy atom. The molecule has 10 aromatic carbocycles. The second-order valence-electron chi connectivity index (χ2n) is 15.8. The molecule has 0 bridgehead atoms. The fraction of sp³-hybridized carbons (Fsp3) is 0.0357. The summed E-state index contributed by atoms with van der Waals surface area (Å²) in [6.45, 7) is 0. The zero-order valence-electron chi connectivity index (χ0n) is 32.7. The van der Waals surface area contributed by atoms with E-state index in [1.807, 2.05) is 0 Å². The number of nitrogens with zero attached hydrogens (tertiary/aromatic N) is 2. The number of amidine groups is 1. The maximum Gasteiger partial charge on any atom is 0.145 e. The van der Waals surface area contributed by atoms with Gasteiger partial charge in [0.15, 0.2) is 0 Å². The lowest BCUT2D eigenvalue weighted by atomic mass is 9.90. The van der Waals surface area contributed by atoms with Crippen LogP contribution in [-0.2, 0) is 0 Å². The van der Waals surface area contributed by atoms with Crippen molar-refractivity contribution >= 4 is 76.8 Å². The van der Waals surface area contributed by atoms with Gasteiger partial charge in [-0.15, -0.1) is 0 Å². The summed E-state index contributed by atoms with van der Waals surface area (Å²) in [7, 11) is 0. The molecule has 2 heterocycles. The number of aliphatic imine (C=N–C) groups is 2. The van der Waals surface area contributed by atoms with Crippen molar-refractivity contribution in [3.8, 4) is 0 Å². The molecular weight excluding hydrogens is 729 g/mol. The molecule has 0 saturated heterocycles. The second-order valence-corrected chi connectivity index (χ2v) is 15.8. The minimum Gasteiger partial charge on any atom is -0.359 e. The van der Waals surface area contributed by atoms with Gasteiger partial charge in [0.1, 0.15) is 12.0 Å². The number of benzene rings is 10. The second kappa shape index (κ2) is 13.9. The minimum atomic E-state index is -0.241. The molecule has 2 atom stereocenters. The van der Waals surface area contributed by atoms with Crippen LogP contribution < -0.4 is 10.6 Å². The summed E-state index contributed by atoms with van der Waals surface area (Å²) in [5.74, 6) is 0.821. The van der Waals surface area contributed by atoms with Gasteiger partial charge in [0.2, 0.25) is 0 Å². The normalized spacial score (nSPS) is 16.2. The predicted molar refractivity (Wildman–Crippen MR) is 252 cm³/mol. The predicted octanol–water partition coefficient (Wildman–Crippen LogP) is 13.5. The zero-order chi connectivity index (χ0) is 39.6. The number of nitrogens with one attached hydrogen (secondary N) is 2. The fourth-order valence-corrected chi connectivity index (χ4v) is 9.44. The molecule has 0 fully saturated rings. The highest BCUT2D eigenvalue weighted by molar-refractivity contribution is 6.21. The maximum absolute atomic E-state index is 5.55. The third-order valence-corrected chi connectivity index (χ3v) is 12.3. The lowest BCUT2D eigenvalue weighted by Crippen LogP contribution is -2.31. The first-order valence-corrected chi connectivity index (χ1v) is 20.6. The van der Waals surface area contributed by atoms with Crippen LogP contribution in [0.5, 0.6) is 0 Å². The molecule has 2 aliphatic heterocycles. The first-order valence-electron chi connectivity index (χ1n) is 20.6. The molecule has 4 nitrogen and oxygen atoms in total. The highest BCUT2D eigenvalue weighted by Crippen LogP contribution is 2.40. The van der Waals surface area contributed by atoms with Gasteiger partial charge in [-0.1, -0.05) is 182 Å². The first-order chi connectivity index (χ1) is 29.7. The lowest BCUT2D eigenvalue weighted by molar-refractivity contribution is 0.788. The summed E-state index contributed by atoms with van der Waals surface area (Å²) in [5.41, 5.74) is 9.56. The van der Waals surface area contributed by atoms with Gasteiger partial charge in [0, 0.05) is 27.6 Å². The summed E-state index contributed by atoms with van der Waals surface area (Å²) >= 11 is 0. The van der Waals surface area contributed by atoms with E-state index in [1.165, 1.54) is 59.4 Å². The van der Waals surface area contributed by atoms with Crippen LogP contribution in [-0.4, -0.2) is 11.5 Å². The summed E-state index contributed by atoms with van der Waals surface area (Å²) in [5, 5.41) is 19.9. The van der Waals surface area contributed by atoms with Crippen LogP contribution in [0.3, 0.4) is 0 Å². The van der Waals surface area contributed by atoms with E-state index in [2.05, 4.69) is 217 Å². The van der Waals surface area contributed by atoms with Gasteiger partial charge in [-0.05, 0) is 83.9 Å². The number of anilines is 1. The van der Waals surface area contributed by atoms with Crippen LogP contribution in [0.15, 0.2) is 216 Å². The molecule has 0 saturated carbocycles. The van der Waals surface area contributed by atoms with Crippen LogP contribution in [0.25, 0.3) is 59.6 Å². The van der Waals surface area contributed by atoms with E-state index in [0.29, 0.717) is 0 Å². The Morgan fingerprint density at radius 3 is 1.77 bits per heavy atom. The van der Waals surface area contributed by atoms with Crippen molar-refractivity contribution in [2.45, 2.75) is 12.2 Å². The van der Waals surface area contributed by atoms with Crippen LogP contribution in [0, 0.1) is 0 Å². The van der Waals surface area contributed by atoms with Crippen LogP contribution in [0.4, 0.5) is 5.69 Å². The van der Waals surface area contributed by atoms with Crippen LogP contribution >= 0.6 is 0 Å². The van der Waals surface area contributed by atoms with E-state index in [-0.39, 0.29) is 12.2 Å². The van der Waals surface area contributed by atoms with Crippen molar-refractivity contribution in [2.75, 3.05) is 5.32 Å². The van der Waals surface area contributed by atoms with Crippen molar-refractivity contribution < 1.29 is 0 Å². The smallest absolute Gasteiger partial charge is 0.145 e. The molecule has 0 aromatic heterocycles. The topological polar surface area (TPSA) is 48.8 Å². The Balaban J connectivity index is 1.06. The molecular formula is C56H38N4. The van der Waals surface area contributed by atoms with Crippen molar-refractivity contribution in [3.05, 3.63) is 240 Å². The van der Waals surface area contributed by atoms with E-state index < -0.39 is 0 Å². The molecule has 0 amide bonds. The van der Waals surface area contributed by atoms with Gasteiger partial charge in [-0.2, -0.15) is 0 Å². The first kappa shape index (κ1) is 34.2. The van der Waals surface area contributed by atoms with Crippen LogP contribution in [0.2, 0.25) is 0 Å². The van der Waals surface area contributed by atoms with Gasteiger partial charge in [-0.3, -0.25) is 4.99 Å². The Hall–Kier alpha value is -7.82. The highest BCUT2D eigenvalue weighted by atomic mass is 15.1. The molecule has 2 aliphatic rings. The van der Waals surface area contributed by atoms with Crippen molar-refractivity contribution in [1.82, 2.24) is 5.32 Å². The molecule has 12 rings (SSSR count). The molecule has 2 unspecified atom stereocenters. The maximum atomic E-state index is 5.55. The molecule has 0 aliphatic carbocycles. The van der Waals surface area contributed by atoms with E-state index in [1.54, 1.807) is 0 Å². The minimum absolute atomic E-state index is 0.165. The highest BCUT2D eigenvalue weighted by Gasteiger charge is 2.27. The lowest BCUT2D eigenvalue weighted by Gasteiger charge is -2.28. The number of rotatable bonds is 5. The fourth-order valence-electron chi connectivity index (χ4n) is 9.44. The summed E-state index contributed by atoms with van der Waals surface area (Å²) in [6.07, 6.45) is 2.08. The summed E-state index contributed by atoms with van der Waals surface area (Å²) in [6, 6.07) is 71.6. The van der Waals surface area contributed by atoms with E-state index >= 15 is 0 Å². The van der Waals surface area contributed by atoms with Gasteiger partial charge >= 0.3 is 0 Å². The SMILES string of the molecule is C1=C(c2cc3ccccc3c3ccccc23)N=C(c2cccc(C3=NC(c4ccccc4)Nc4c3ccc3ccccc43)c2)NC1c1cc2ccccc2c2ccccc12. The average molecular weight is 767 g/mol. The van der Waals surface area contributed by atoms with E-state index in [9.17, 15) is 0 Å². The standard InChI is InChI=1S/C56H38N4/c1-2-16-36(17-3-1)55-59-53(48-30-29-35-15-4-9-24-43(35)54(48)60-55)39-20-14-21-40(31-39)56-57-51(49-32-37-18-5-7-22-41(37)44-25-10-12-27-46(44)49)34-52(58-56)50-33-38-19-6-8-23-42(38)45-26-11-13-28-47(45)50/h1-34,51,55,60H,(H,57,58). The summed E-state index contributed by atoms with van der Waals surface area (Å²) < 4.78 is 0. The van der Waals surface area contributed by atoms with Gasteiger partial charge in [0.25, 0.3) is 0 Å². The Morgan fingerprint density at radius 1 is 0.400 bits per heavy atom.